The smallest absolute Gasteiger partial charge is 0.130 e. The van der Waals surface area contributed by atoms with Crippen LogP contribution in [0, 0.1) is 5.82 Å². The van der Waals surface area contributed by atoms with Gasteiger partial charge in [-0.1, -0.05) is 6.92 Å². The Hall–Kier alpha value is -2.07. The van der Waals surface area contributed by atoms with Crippen molar-refractivity contribution in [1.29, 1.82) is 0 Å². The van der Waals surface area contributed by atoms with Gasteiger partial charge in [0.2, 0.25) is 0 Å². The highest BCUT2D eigenvalue weighted by Crippen LogP contribution is 2.25. The summed E-state index contributed by atoms with van der Waals surface area (Å²) in [7, 11) is 0. The van der Waals surface area contributed by atoms with E-state index in [1.807, 2.05) is 6.92 Å². The Morgan fingerprint density at radius 2 is 1.70 bits per heavy atom. The predicted octanol–water partition coefficient (Wildman–Crippen LogP) is 3.90. The van der Waals surface area contributed by atoms with Crippen molar-refractivity contribution in [2.75, 3.05) is 6.61 Å². The number of aliphatic hydroxyl groups excluding tert-OH is 1. The number of hydrogen-bond donors (Lipinski definition) is 1. The summed E-state index contributed by atoms with van der Waals surface area (Å²) in [5, 5.41) is 9.03. The molecule has 0 aliphatic rings. The van der Waals surface area contributed by atoms with Gasteiger partial charge in [0.25, 0.3) is 0 Å². The van der Waals surface area contributed by atoms with E-state index in [2.05, 4.69) is 0 Å². The van der Waals surface area contributed by atoms with Crippen molar-refractivity contribution >= 4 is 0 Å². The average molecular weight is 276 g/mol. The highest BCUT2D eigenvalue weighted by atomic mass is 19.1. The van der Waals surface area contributed by atoms with Crippen LogP contribution in [0.15, 0.2) is 42.5 Å². The Bertz CT molecular complexity index is 552. The van der Waals surface area contributed by atoms with Crippen LogP contribution in [0.25, 0.3) is 0 Å². The van der Waals surface area contributed by atoms with E-state index in [4.69, 9.17) is 14.6 Å². The minimum absolute atomic E-state index is 0.224. The summed E-state index contributed by atoms with van der Waals surface area (Å²) in [6, 6.07) is 11.3. The van der Waals surface area contributed by atoms with E-state index in [-0.39, 0.29) is 6.61 Å². The molecule has 0 spiro atoms. The van der Waals surface area contributed by atoms with Gasteiger partial charge in [-0.2, -0.15) is 0 Å². The fourth-order valence-corrected chi connectivity index (χ4v) is 1.73. The van der Waals surface area contributed by atoms with E-state index < -0.39 is 5.82 Å². The van der Waals surface area contributed by atoms with E-state index in [0.717, 1.165) is 12.2 Å². The zero-order valence-electron chi connectivity index (χ0n) is 11.3. The Morgan fingerprint density at radius 1 is 1.00 bits per heavy atom. The lowest BCUT2D eigenvalue weighted by atomic mass is 10.2. The zero-order chi connectivity index (χ0) is 14.4. The van der Waals surface area contributed by atoms with E-state index in [0.29, 0.717) is 23.7 Å². The van der Waals surface area contributed by atoms with Crippen LogP contribution in [0.5, 0.6) is 17.2 Å². The van der Waals surface area contributed by atoms with Crippen LogP contribution < -0.4 is 9.47 Å². The maximum absolute atomic E-state index is 13.3. The van der Waals surface area contributed by atoms with E-state index in [1.165, 1.54) is 12.1 Å². The Morgan fingerprint density at radius 3 is 2.35 bits per heavy atom. The summed E-state index contributed by atoms with van der Waals surface area (Å²) < 4.78 is 24.3. The number of benzene rings is 2. The normalized spacial score (nSPS) is 10.3. The summed E-state index contributed by atoms with van der Waals surface area (Å²) in [5.41, 5.74) is 0.475. The molecule has 0 fully saturated rings. The molecule has 0 unspecified atom stereocenters. The third-order valence-electron chi connectivity index (χ3n) is 2.65. The lowest BCUT2D eigenvalue weighted by Crippen LogP contribution is -1.94. The predicted molar refractivity (Wildman–Crippen MR) is 74.6 cm³/mol. The lowest BCUT2D eigenvalue weighted by Gasteiger charge is -2.09. The van der Waals surface area contributed by atoms with Gasteiger partial charge < -0.3 is 14.6 Å². The van der Waals surface area contributed by atoms with Gasteiger partial charge in [0.05, 0.1) is 13.2 Å². The molecule has 0 radical (unpaired) electrons. The molecule has 0 saturated heterocycles. The molecule has 0 bridgehead atoms. The highest BCUT2D eigenvalue weighted by Gasteiger charge is 2.03. The fourth-order valence-electron chi connectivity index (χ4n) is 1.73. The summed E-state index contributed by atoms with van der Waals surface area (Å²) in [4.78, 5) is 0. The largest absolute Gasteiger partial charge is 0.494 e. The van der Waals surface area contributed by atoms with Crippen molar-refractivity contribution in [1.82, 2.24) is 0 Å². The standard InChI is InChI=1S/C16H17FO3/c1-2-7-19-14-3-5-15(6-4-14)20-16-9-12(11-18)8-13(17)10-16/h3-6,8-10,18H,2,7,11H2,1H3. The molecule has 3 nitrogen and oxygen atoms in total. The van der Waals surface area contributed by atoms with Gasteiger partial charge in [-0.3, -0.25) is 0 Å². The molecule has 0 heterocycles. The maximum Gasteiger partial charge on any atom is 0.130 e. The van der Waals surface area contributed by atoms with Crippen molar-refractivity contribution < 1.29 is 19.0 Å². The van der Waals surface area contributed by atoms with E-state index in [9.17, 15) is 4.39 Å². The molecular formula is C16H17FO3. The molecule has 0 aliphatic heterocycles. The zero-order valence-corrected chi connectivity index (χ0v) is 11.3. The number of hydrogen-bond acceptors (Lipinski definition) is 3. The summed E-state index contributed by atoms with van der Waals surface area (Å²) in [5.74, 6) is 1.28. The summed E-state index contributed by atoms with van der Waals surface area (Å²) >= 11 is 0. The molecule has 4 heteroatoms. The van der Waals surface area contributed by atoms with Gasteiger partial charge in [-0.05, 0) is 48.4 Å². The molecule has 0 aromatic heterocycles. The molecule has 0 saturated carbocycles. The summed E-state index contributed by atoms with van der Waals surface area (Å²) in [6.07, 6.45) is 0.950. The van der Waals surface area contributed by atoms with Crippen LogP contribution >= 0.6 is 0 Å². The first-order chi connectivity index (χ1) is 9.71. The van der Waals surface area contributed by atoms with Gasteiger partial charge >= 0.3 is 0 Å². The minimum Gasteiger partial charge on any atom is -0.494 e. The molecule has 2 aromatic carbocycles. The first kappa shape index (κ1) is 14.3. The highest BCUT2D eigenvalue weighted by molar-refractivity contribution is 5.37. The second-order valence-electron chi connectivity index (χ2n) is 4.38. The molecule has 1 N–H and O–H groups in total. The first-order valence-corrected chi connectivity index (χ1v) is 6.52. The Labute approximate surface area is 117 Å². The molecule has 0 amide bonds. The number of ether oxygens (including phenoxy) is 2. The van der Waals surface area contributed by atoms with Crippen LogP contribution in [0.1, 0.15) is 18.9 Å². The van der Waals surface area contributed by atoms with Crippen molar-refractivity contribution in [3.63, 3.8) is 0 Å². The van der Waals surface area contributed by atoms with Crippen molar-refractivity contribution in [3.05, 3.63) is 53.8 Å². The lowest BCUT2D eigenvalue weighted by molar-refractivity contribution is 0.280. The van der Waals surface area contributed by atoms with Crippen molar-refractivity contribution in [2.24, 2.45) is 0 Å². The van der Waals surface area contributed by atoms with E-state index in [1.54, 1.807) is 30.3 Å². The summed E-state index contributed by atoms with van der Waals surface area (Å²) in [6.45, 7) is 2.49. The van der Waals surface area contributed by atoms with Crippen LogP contribution in [0.4, 0.5) is 4.39 Å². The Balaban J connectivity index is 2.07. The third kappa shape index (κ3) is 3.96. The topological polar surface area (TPSA) is 38.7 Å². The molecule has 2 rings (SSSR count). The van der Waals surface area contributed by atoms with Crippen LogP contribution in [0.3, 0.4) is 0 Å². The van der Waals surface area contributed by atoms with Gasteiger partial charge in [0, 0.05) is 6.07 Å². The number of halogens is 1. The number of rotatable bonds is 6. The van der Waals surface area contributed by atoms with Crippen molar-refractivity contribution in [2.45, 2.75) is 20.0 Å². The van der Waals surface area contributed by atoms with Crippen LogP contribution in [0.2, 0.25) is 0 Å². The second kappa shape index (κ2) is 6.91. The van der Waals surface area contributed by atoms with Gasteiger partial charge in [0.15, 0.2) is 0 Å². The second-order valence-corrected chi connectivity index (χ2v) is 4.38. The van der Waals surface area contributed by atoms with Gasteiger partial charge in [-0.25, -0.2) is 4.39 Å². The quantitative estimate of drug-likeness (QED) is 0.869. The SMILES string of the molecule is CCCOc1ccc(Oc2cc(F)cc(CO)c2)cc1. The molecule has 0 atom stereocenters. The van der Waals surface area contributed by atoms with Gasteiger partial charge in [0.1, 0.15) is 23.1 Å². The first-order valence-electron chi connectivity index (χ1n) is 6.52. The Kier molecular flexibility index (Phi) is 4.96. The molecule has 20 heavy (non-hydrogen) atoms. The minimum atomic E-state index is -0.436. The van der Waals surface area contributed by atoms with Gasteiger partial charge in [-0.15, -0.1) is 0 Å². The molecule has 2 aromatic rings. The monoisotopic (exact) mass is 276 g/mol. The van der Waals surface area contributed by atoms with Crippen LogP contribution in [-0.4, -0.2) is 11.7 Å². The van der Waals surface area contributed by atoms with Crippen molar-refractivity contribution in [3.8, 4) is 17.2 Å². The third-order valence-corrected chi connectivity index (χ3v) is 2.65. The number of aliphatic hydroxyl groups is 1. The average Bonchev–Trinajstić information content (AvgIpc) is 2.46. The maximum atomic E-state index is 13.3. The molecular weight excluding hydrogens is 259 g/mol. The fraction of sp³-hybridized carbons (Fsp3) is 0.250. The molecule has 0 aliphatic carbocycles. The molecule has 106 valence electrons. The van der Waals surface area contributed by atoms with E-state index >= 15 is 0 Å². The van der Waals surface area contributed by atoms with Crippen LogP contribution in [-0.2, 0) is 6.61 Å².